The normalized spacial score (nSPS) is 10.9. The zero-order valence-electron chi connectivity index (χ0n) is 13.9. The third kappa shape index (κ3) is 4.11. The molecule has 1 heterocycles. The van der Waals surface area contributed by atoms with Gasteiger partial charge in [-0.3, -0.25) is 0 Å². The van der Waals surface area contributed by atoms with Crippen LogP contribution in [0.5, 0.6) is 0 Å². The molecule has 8 heteroatoms. The molecule has 0 saturated carbocycles. The fourth-order valence-electron chi connectivity index (χ4n) is 2.04. The molecule has 1 aromatic carbocycles. The van der Waals surface area contributed by atoms with Crippen LogP contribution in [0.3, 0.4) is 0 Å². The van der Waals surface area contributed by atoms with Gasteiger partial charge in [0.15, 0.2) is 0 Å². The molecule has 0 aliphatic carbocycles. The van der Waals surface area contributed by atoms with Crippen molar-refractivity contribution in [2.45, 2.75) is 0 Å². The zero-order chi connectivity index (χ0) is 18.4. The van der Waals surface area contributed by atoms with Crippen LogP contribution in [0.15, 0.2) is 42.1 Å². The summed E-state index contributed by atoms with van der Waals surface area (Å²) in [5.74, 6) is -2.07. The van der Waals surface area contributed by atoms with E-state index in [2.05, 4.69) is 24.5 Å². The summed E-state index contributed by atoms with van der Waals surface area (Å²) in [6, 6.07) is 8.39. The Morgan fingerprint density at radius 3 is 2.40 bits per heavy atom. The quantitative estimate of drug-likeness (QED) is 0.496. The highest BCUT2D eigenvalue weighted by molar-refractivity contribution is 6.02. The van der Waals surface area contributed by atoms with E-state index in [4.69, 9.17) is 0 Å². The molecular weight excluding hydrogens is 328 g/mol. The highest BCUT2D eigenvalue weighted by Crippen LogP contribution is 2.23. The van der Waals surface area contributed by atoms with Crippen molar-refractivity contribution >= 4 is 34.5 Å². The van der Waals surface area contributed by atoms with Crippen molar-refractivity contribution in [3.8, 4) is 0 Å². The second kappa shape index (κ2) is 7.91. The maximum atomic E-state index is 11.9. The molecule has 0 unspecified atom stereocenters. The zero-order valence-corrected chi connectivity index (χ0v) is 13.9. The summed E-state index contributed by atoms with van der Waals surface area (Å²) in [5, 5.41) is 3.52. The first-order chi connectivity index (χ1) is 12.0. The summed E-state index contributed by atoms with van der Waals surface area (Å²) in [6.45, 7) is 0. The van der Waals surface area contributed by atoms with E-state index in [1.54, 1.807) is 24.3 Å². The topological polar surface area (TPSA) is 104 Å². The van der Waals surface area contributed by atoms with Gasteiger partial charge in [-0.25, -0.2) is 19.4 Å². The van der Waals surface area contributed by atoms with Crippen molar-refractivity contribution in [1.29, 1.82) is 0 Å². The van der Waals surface area contributed by atoms with Crippen molar-refractivity contribution < 1.29 is 28.6 Å². The van der Waals surface area contributed by atoms with Gasteiger partial charge in [0.1, 0.15) is 11.4 Å². The monoisotopic (exact) mass is 344 g/mol. The van der Waals surface area contributed by atoms with Gasteiger partial charge in [-0.05, 0) is 12.1 Å². The van der Waals surface area contributed by atoms with Gasteiger partial charge in [0.25, 0.3) is 0 Å². The lowest BCUT2D eigenvalue weighted by molar-refractivity contribution is -0.138. The van der Waals surface area contributed by atoms with E-state index in [0.29, 0.717) is 11.2 Å². The Morgan fingerprint density at radius 1 is 1.00 bits per heavy atom. The van der Waals surface area contributed by atoms with Crippen LogP contribution in [0.2, 0.25) is 0 Å². The number of nitrogens with zero attached hydrogens (tertiary/aromatic N) is 1. The van der Waals surface area contributed by atoms with Gasteiger partial charge in [-0.2, -0.15) is 0 Å². The number of esters is 3. The summed E-state index contributed by atoms with van der Waals surface area (Å²) in [7, 11) is 3.63. The SMILES string of the molecule is COC(=O)/C=C(/Nc1cccc2ccc(C(=O)OC)nc12)C(=O)OC. The number of ether oxygens (including phenoxy) is 3. The van der Waals surface area contributed by atoms with Crippen LogP contribution in [0, 0.1) is 0 Å². The summed E-state index contributed by atoms with van der Waals surface area (Å²) in [6.07, 6.45) is 0.967. The van der Waals surface area contributed by atoms with Crippen molar-refractivity contribution in [1.82, 2.24) is 4.98 Å². The van der Waals surface area contributed by atoms with Crippen molar-refractivity contribution in [2.75, 3.05) is 26.6 Å². The van der Waals surface area contributed by atoms with Gasteiger partial charge in [-0.1, -0.05) is 18.2 Å². The number of hydrogen-bond donors (Lipinski definition) is 1. The third-order valence-electron chi connectivity index (χ3n) is 3.25. The number of carbonyl (C=O) groups excluding carboxylic acids is 3. The lowest BCUT2D eigenvalue weighted by Gasteiger charge is -2.11. The van der Waals surface area contributed by atoms with Crippen molar-refractivity contribution in [3.63, 3.8) is 0 Å². The van der Waals surface area contributed by atoms with E-state index >= 15 is 0 Å². The first-order valence-electron chi connectivity index (χ1n) is 7.13. The maximum Gasteiger partial charge on any atom is 0.356 e. The molecule has 1 aromatic heterocycles. The minimum Gasteiger partial charge on any atom is -0.466 e. The summed E-state index contributed by atoms with van der Waals surface area (Å²) in [5.41, 5.74) is 0.807. The van der Waals surface area contributed by atoms with Crippen LogP contribution < -0.4 is 5.32 Å². The molecule has 0 aliphatic heterocycles. The number of methoxy groups -OCH3 is 3. The van der Waals surface area contributed by atoms with E-state index in [9.17, 15) is 14.4 Å². The fraction of sp³-hybridized carbons (Fsp3) is 0.176. The second-order valence-electron chi connectivity index (χ2n) is 4.76. The average molecular weight is 344 g/mol. The molecule has 0 aliphatic rings. The van der Waals surface area contributed by atoms with Crippen LogP contribution in [-0.4, -0.2) is 44.2 Å². The highest BCUT2D eigenvalue weighted by Gasteiger charge is 2.16. The summed E-state index contributed by atoms with van der Waals surface area (Å²) >= 11 is 0. The Bertz CT molecular complexity index is 859. The summed E-state index contributed by atoms with van der Waals surface area (Å²) < 4.78 is 13.8. The Balaban J connectivity index is 2.51. The van der Waals surface area contributed by atoms with Crippen LogP contribution in [-0.2, 0) is 23.8 Å². The molecule has 0 amide bonds. The molecule has 0 saturated heterocycles. The molecule has 0 atom stereocenters. The molecule has 2 rings (SSSR count). The first-order valence-corrected chi connectivity index (χ1v) is 7.13. The van der Waals surface area contributed by atoms with E-state index in [0.717, 1.165) is 11.5 Å². The van der Waals surface area contributed by atoms with Gasteiger partial charge in [0.05, 0.1) is 38.6 Å². The number of aromatic nitrogens is 1. The lowest BCUT2D eigenvalue weighted by Crippen LogP contribution is -2.16. The maximum absolute atomic E-state index is 11.9. The van der Waals surface area contributed by atoms with E-state index < -0.39 is 17.9 Å². The average Bonchev–Trinajstić information content (AvgIpc) is 2.65. The Labute approximate surface area is 143 Å². The fourth-order valence-corrected chi connectivity index (χ4v) is 2.04. The molecule has 0 bridgehead atoms. The minimum atomic E-state index is -0.758. The number of hydrogen-bond acceptors (Lipinski definition) is 8. The van der Waals surface area contributed by atoms with E-state index in [1.807, 2.05) is 0 Å². The number of para-hydroxylation sites is 1. The third-order valence-corrected chi connectivity index (χ3v) is 3.25. The predicted molar refractivity (Wildman–Crippen MR) is 88.8 cm³/mol. The Morgan fingerprint density at radius 2 is 1.76 bits per heavy atom. The molecular formula is C17H16N2O6. The molecule has 8 nitrogen and oxygen atoms in total. The van der Waals surface area contributed by atoms with Gasteiger partial charge in [0, 0.05) is 5.39 Å². The van der Waals surface area contributed by atoms with Gasteiger partial charge < -0.3 is 19.5 Å². The molecule has 130 valence electrons. The van der Waals surface area contributed by atoms with Crippen molar-refractivity contribution in [3.05, 3.63) is 47.8 Å². The standard InChI is InChI=1S/C17H16N2O6/c1-23-14(20)9-13(17(22)25-3)18-11-6-4-5-10-7-8-12(16(21)24-2)19-15(10)11/h4-9,18H,1-3H3/b13-9+. The predicted octanol–water partition coefficient (Wildman–Crippen LogP) is 1.66. The highest BCUT2D eigenvalue weighted by atomic mass is 16.5. The number of fused-ring (bicyclic) bond motifs is 1. The number of nitrogens with one attached hydrogen (secondary N) is 1. The molecule has 0 radical (unpaired) electrons. The Hall–Kier alpha value is -3.42. The van der Waals surface area contributed by atoms with Crippen LogP contribution in [0.1, 0.15) is 10.5 Å². The summed E-state index contributed by atoms with van der Waals surface area (Å²) in [4.78, 5) is 39.3. The smallest absolute Gasteiger partial charge is 0.356 e. The molecule has 0 fully saturated rings. The van der Waals surface area contributed by atoms with Gasteiger partial charge >= 0.3 is 17.9 Å². The number of rotatable bonds is 5. The van der Waals surface area contributed by atoms with E-state index in [-0.39, 0.29) is 11.4 Å². The second-order valence-corrected chi connectivity index (χ2v) is 4.76. The molecule has 0 spiro atoms. The molecule has 25 heavy (non-hydrogen) atoms. The molecule has 1 N–H and O–H groups in total. The largest absolute Gasteiger partial charge is 0.466 e. The van der Waals surface area contributed by atoms with E-state index in [1.165, 1.54) is 27.4 Å². The number of anilines is 1. The Kier molecular flexibility index (Phi) is 5.67. The minimum absolute atomic E-state index is 0.112. The van der Waals surface area contributed by atoms with Crippen molar-refractivity contribution in [2.24, 2.45) is 0 Å². The van der Waals surface area contributed by atoms with Gasteiger partial charge in [-0.15, -0.1) is 0 Å². The van der Waals surface area contributed by atoms with Crippen LogP contribution in [0.4, 0.5) is 5.69 Å². The van der Waals surface area contributed by atoms with Crippen LogP contribution in [0.25, 0.3) is 10.9 Å². The number of benzene rings is 1. The lowest BCUT2D eigenvalue weighted by atomic mass is 10.1. The molecule has 2 aromatic rings. The van der Waals surface area contributed by atoms with Crippen LogP contribution >= 0.6 is 0 Å². The van der Waals surface area contributed by atoms with Gasteiger partial charge in [0.2, 0.25) is 0 Å². The number of carbonyl (C=O) groups is 3. The number of pyridine rings is 1. The first kappa shape index (κ1) is 17.9.